The molecule has 6 heteroatoms. The van der Waals surface area contributed by atoms with E-state index >= 15 is 0 Å². The molecule has 0 bridgehead atoms. The van der Waals surface area contributed by atoms with Crippen molar-refractivity contribution in [2.75, 3.05) is 0 Å². The van der Waals surface area contributed by atoms with Gasteiger partial charge in [-0.3, -0.25) is 0 Å². The molecular weight excluding hydrogens is 759 g/mol. The summed E-state index contributed by atoms with van der Waals surface area (Å²) in [4.78, 5) is 14.8. The molecule has 4 aromatic heterocycles. The molecule has 12 aromatic rings. The lowest BCUT2D eigenvalue weighted by Crippen LogP contribution is -2.27. The van der Waals surface area contributed by atoms with Crippen LogP contribution in [-0.4, -0.2) is 24.1 Å². The second-order valence-electron chi connectivity index (χ2n) is 15.6. The van der Waals surface area contributed by atoms with E-state index in [0.29, 0.717) is 17.5 Å². The molecule has 0 aliphatic carbocycles. The second kappa shape index (κ2) is 14.1. The van der Waals surface area contributed by atoms with E-state index in [1.165, 1.54) is 0 Å². The molecule has 0 aliphatic rings. The molecule has 0 fully saturated rings. The summed E-state index contributed by atoms with van der Waals surface area (Å²) in [6.45, 7) is 6.18. The predicted molar refractivity (Wildman–Crippen MR) is 256 cm³/mol. The van der Waals surface area contributed by atoms with Crippen LogP contribution in [0.2, 0.25) is 0 Å². The maximum Gasteiger partial charge on any atom is 0.164 e. The Morgan fingerprint density at radius 3 is 1.60 bits per heavy atom. The van der Waals surface area contributed by atoms with Crippen LogP contribution in [-0.2, 0) is 0 Å². The third-order valence-electron chi connectivity index (χ3n) is 12.1. The number of rotatable bonds is 6. The molecule has 292 valence electrons. The summed E-state index contributed by atoms with van der Waals surface area (Å²) in [7, 11) is 0. The van der Waals surface area contributed by atoms with E-state index in [9.17, 15) is 0 Å². The van der Waals surface area contributed by atoms with Gasteiger partial charge < -0.3 is 13.6 Å². The monoisotopic (exact) mass is 795 g/mol. The molecule has 0 aliphatic heterocycles. The molecule has 6 nitrogen and oxygen atoms in total. The summed E-state index contributed by atoms with van der Waals surface area (Å²) in [6.07, 6.45) is 3.92. The Balaban J connectivity index is 1.05. The van der Waals surface area contributed by atoms with E-state index in [1.54, 1.807) is 0 Å². The lowest BCUT2D eigenvalue weighted by molar-refractivity contribution is 0.677. The van der Waals surface area contributed by atoms with Crippen LogP contribution in [0.4, 0.5) is 0 Å². The van der Waals surface area contributed by atoms with Crippen LogP contribution in [0.15, 0.2) is 199 Å². The number of nitrogens with zero attached hydrogens (tertiary/aromatic N) is 5. The zero-order chi connectivity index (χ0) is 41.3. The zero-order valence-electron chi connectivity index (χ0n) is 33.8. The van der Waals surface area contributed by atoms with E-state index in [0.717, 1.165) is 104 Å². The van der Waals surface area contributed by atoms with E-state index in [-0.39, 0.29) is 0 Å². The highest BCUT2D eigenvalue weighted by atomic mass is 16.3. The van der Waals surface area contributed by atoms with Crippen LogP contribution in [0.3, 0.4) is 0 Å². The first-order valence-corrected chi connectivity index (χ1v) is 20.8. The minimum absolute atomic E-state index is 0.621. The van der Waals surface area contributed by atoms with E-state index in [4.69, 9.17) is 19.4 Å². The molecule has 8 aromatic carbocycles. The number of para-hydroxylation sites is 2. The highest BCUT2D eigenvalue weighted by molar-refractivity contribution is 6.29. The van der Waals surface area contributed by atoms with Crippen molar-refractivity contribution in [3.8, 4) is 39.9 Å². The normalized spacial score (nSPS) is 12.7. The molecule has 0 radical (unpaired) electrons. The summed E-state index contributed by atoms with van der Waals surface area (Å²) in [6, 6.07) is 63.3. The fraction of sp³-hybridized carbons (Fsp3) is 0.0179. The van der Waals surface area contributed by atoms with Gasteiger partial charge in [0.1, 0.15) is 11.2 Å². The van der Waals surface area contributed by atoms with Crippen molar-refractivity contribution in [1.29, 1.82) is 0 Å². The van der Waals surface area contributed by atoms with Crippen LogP contribution in [0.25, 0.3) is 117 Å². The van der Waals surface area contributed by atoms with Gasteiger partial charge in [0.15, 0.2) is 17.5 Å². The summed E-state index contributed by atoms with van der Waals surface area (Å²) < 4.78 is 11.9. The molecule has 0 spiro atoms. The maximum absolute atomic E-state index is 7.20. The predicted octanol–water partition coefficient (Wildman–Crippen LogP) is 12.6. The fourth-order valence-electron chi connectivity index (χ4n) is 9.35. The number of furan rings is 1. The third-order valence-corrected chi connectivity index (χ3v) is 12.1. The molecule has 0 saturated carbocycles. The van der Waals surface area contributed by atoms with Gasteiger partial charge in [-0.05, 0) is 72.8 Å². The van der Waals surface area contributed by atoms with Crippen molar-refractivity contribution in [2.24, 2.45) is 0 Å². The van der Waals surface area contributed by atoms with Crippen LogP contribution < -0.4 is 10.4 Å². The molecule has 12 rings (SSSR count). The highest BCUT2D eigenvalue weighted by Crippen LogP contribution is 2.44. The van der Waals surface area contributed by atoms with Gasteiger partial charge in [-0.1, -0.05) is 140 Å². The van der Waals surface area contributed by atoms with Gasteiger partial charge in [-0.25, -0.2) is 15.0 Å². The van der Waals surface area contributed by atoms with E-state index in [2.05, 4.69) is 150 Å². The van der Waals surface area contributed by atoms with Gasteiger partial charge in [0.25, 0.3) is 0 Å². The summed E-state index contributed by atoms with van der Waals surface area (Å²) >= 11 is 0. The van der Waals surface area contributed by atoms with Crippen molar-refractivity contribution < 1.29 is 4.42 Å². The second-order valence-corrected chi connectivity index (χ2v) is 15.6. The topological polar surface area (TPSA) is 61.7 Å². The van der Waals surface area contributed by atoms with Crippen molar-refractivity contribution in [3.05, 3.63) is 205 Å². The number of allylic oxidation sites excluding steroid dienone is 1. The van der Waals surface area contributed by atoms with Gasteiger partial charge in [0.2, 0.25) is 0 Å². The van der Waals surface area contributed by atoms with Gasteiger partial charge in [-0.2, -0.15) is 0 Å². The molecule has 0 unspecified atom stereocenters. The Bertz CT molecular complexity index is 3820. The van der Waals surface area contributed by atoms with Gasteiger partial charge in [-0.15, -0.1) is 0 Å². The molecule has 0 saturated heterocycles. The summed E-state index contributed by atoms with van der Waals surface area (Å²) in [5.41, 5.74) is 11.1. The average Bonchev–Trinajstić information content (AvgIpc) is 4.00. The van der Waals surface area contributed by atoms with Gasteiger partial charge in [0, 0.05) is 54.8 Å². The molecule has 62 heavy (non-hydrogen) atoms. The van der Waals surface area contributed by atoms with Crippen LogP contribution in [0.1, 0.15) is 6.92 Å². The van der Waals surface area contributed by atoms with Crippen molar-refractivity contribution in [3.63, 3.8) is 0 Å². The zero-order valence-corrected chi connectivity index (χ0v) is 33.8. The van der Waals surface area contributed by atoms with Crippen LogP contribution in [0.5, 0.6) is 0 Å². The quantitative estimate of drug-likeness (QED) is 0.168. The Labute approximate surface area is 356 Å². The smallest absolute Gasteiger partial charge is 0.164 e. The van der Waals surface area contributed by atoms with Crippen molar-refractivity contribution in [2.45, 2.75) is 6.92 Å². The molecule has 0 amide bonds. The van der Waals surface area contributed by atoms with E-state index < -0.39 is 0 Å². The third kappa shape index (κ3) is 5.47. The largest absolute Gasteiger partial charge is 0.455 e. The number of hydrogen-bond donors (Lipinski definition) is 0. The van der Waals surface area contributed by atoms with Gasteiger partial charge >= 0.3 is 0 Å². The number of hydrogen-bond acceptors (Lipinski definition) is 4. The number of benzene rings is 8. The Kier molecular flexibility index (Phi) is 8.12. The molecule has 0 N–H and O–H groups in total. The first-order valence-electron chi connectivity index (χ1n) is 20.8. The van der Waals surface area contributed by atoms with Crippen LogP contribution in [0, 0.1) is 0 Å². The Morgan fingerprint density at radius 2 is 0.968 bits per heavy atom. The highest BCUT2D eigenvalue weighted by Gasteiger charge is 2.23. The number of aromatic nitrogens is 5. The van der Waals surface area contributed by atoms with E-state index in [1.807, 2.05) is 66.7 Å². The Hall–Kier alpha value is -8.35. The fourth-order valence-corrected chi connectivity index (χ4v) is 9.35. The number of fused-ring (bicyclic) bond motifs is 11. The first kappa shape index (κ1) is 35.6. The molecule has 4 heterocycles. The first-order chi connectivity index (χ1) is 30.6. The lowest BCUT2D eigenvalue weighted by Gasteiger charge is -2.10. The average molecular weight is 796 g/mol. The molecular formula is C56H37N5O. The van der Waals surface area contributed by atoms with Gasteiger partial charge in [0.05, 0.1) is 32.8 Å². The maximum atomic E-state index is 7.20. The van der Waals surface area contributed by atoms with Crippen molar-refractivity contribution >= 4 is 77.3 Å². The standard InChI is InChI=1S/C56H37N5O/c1-3-16-36-17-10-11-22-41(36)35(2)60-46-25-14-12-23-44(46)50-48(60)33-31-42-43-32-34-49-51(53(43)62-52(42)50)45-24-13-15-26-47(45)61(49)40-29-27-39(28-30-40)56-58-54(37-18-6-4-7-19-37)57-55(59-56)38-20-8-5-9-21-38/h3-34H,1H2,2H3/b36-16-,41-35+. The van der Waals surface area contributed by atoms with Crippen LogP contribution >= 0.6 is 0 Å². The SMILES string of the molecule is C=C/C=c1/cccc/c1=C(/C)n1c2ccccc2c2c3oc4c(ccc5c4c4ccccc4n5-c4ccc(-c5nc(-c6ccccc6)nc(-c6ccccc6)n5)cc4)c3ccc21. The minimum atomic E-state index is 0.621. The summed E-state index contributed by atoms with van der Waals surface area (Å²) in [5.74, 6) is 1.90. The summed E-state index contributed by atoms with van der Waals surface area (Å²) in [5, 5.41) is 8.95. The molecule has 0 atom stereocenters. The van der Waals surface area contributed by atoms with Crippen molar-refractivity contribution in [1.82, 2.24) is 24.1 Å². The lowest BCUT2D eigenvalue weighted by atomic mass is 10.1. The minimum Gasteiger partial charge on any atom is -0.455 e. The Morgan fingerprint density at radius 1 is 0.468 bits per heavy atom.